The molecule has 0 unspecified atom stereocenters. The van der Waals surface area contributed by atoms with Crippen LogP contribution in [0.15, 0.2) is 21.9 Å². The van der Waals surface area contributed by atoms with Crippen molar-refractivity contribution in [3.63, 3.8) is 0 Å². The van der Waals surface area contributed by atoms with Gasteiger partial charge in [-0.05, 0) is 48.9 Å². The van der Waals surface area contributed by atoms with Crippen molar-refractivity contribution in [2.75, 3.05) is 5.73 Å². The summed E-state index contributed by atoms with van der Waals surface area (Å²) < 4.78 is 5.85. The zero-order valence-corrected chi connectivity index (χ0v) is 11.4. The lowest BCUT2D eigenvalue weighted by Crippen LogP contribution is -1.86. The van der Waals surface area contributed by atoms with Crippen LogP contribution in [-0.2, 0) is 0 Å². The Morgan fingerprint density at radius 2 is 1.94 bits per heavy atom. The van der Waals surface area contributed by atoms with Gasteiger partial charge < -0.3 is 10.2 Å². The van der Waals surface area contributed by atoms with Crippen molar-refractivity contribution in [2.45, 2.75) is 20.8 Å². The van der Waals surface area contributed by atoms with E-state index in [1.807, 2.05) is 25.3 Å². The molecule has 92 valence electrons. The maximum absolute atomic E-state index is 6.03. The number of aromatic nitrogens is 1. The van der Waals surface area contributed by atoms with E-state index in [-0.39, 0.29) is 0 Å². The molecule has 0 aliphatic heterocycles. The first kappa shape index (κ1) is 11.3. The fraction of sp³-hybridized carbons (Fsp3) is 0.214. The first-order chi connectivity index (χ1) is 8.56. The summed E-state index contributed by atoms with van der Waals surface area (Å²) in [6, 6.07) is 4.13. The van der Waals surface area contributed by atoms with Gasteiger partial charge in [-0.25, -0.2) is 4.98 Å². The van der Waals surface area contributed by atoms with E-state index in [9.17, 15) is 0 Å². The summed E-state index contributed by atoms with van der Waals surface area (Å²) in [7, 11) is 0. The molecule has 0 saturated heterocycles. The average molecular weight is 258 g/mol. The number of nitrogen functional groups attached to an aromatic ring is 1. The number of thiophene rings is 1. The van der Waals surface area contributed by atoms with Gasteiger partial charge in [0.05, 0.1) is 5.69 Å². The van der Waals surface area contributed by atoms with Gasteiger partial charge in [0.2, 0.25) is 5.89 Å². The Morgan fingerprint density at radius 1 is 1.17 bits per heavy atom. The summed E-state index contributed by atoms with van der Waals surface area (Å²) in [4.78, 5) is 5.46. The molecule has 4 heteroatoms. The molecular formula is C14H14N2OS. The zero-order valence-electron chi connectivity index (χ0n) is 10.6. The van der Waals surface area contributed by atoms with Gasteiger partial charge in [0.25, 0.3) is 0 Å². The molecule has 0 saturated carbocycles. The fourth-order valence-electron chi connectivity index (χ4n) is 2.09. The number of rotatable bonds is 1. The van der Waals surface area contributed by atoms with Crippen molar-refractivity contribution in [1.82, 2.24) is 4.98 Å². The maximum atomic E-state index is 6.03. The lowest BCUT2D eigenvalue weighted by atomic mass is 10.1. The van der Waals surface area contributed by atoms with E-state index >= 15 is 0 Å². The van der Waals surface area contributed by atoms with Gasteiger partial charge in [0.15, 0.2) is 5.58 Å². The van der Waals surface area contributed by atoms with Crippen molar-refractivity contribution in [3.05, 3.63) is 34.2 Å². The predicted octanol–water partition coefficient (Wildman–Crippen LogP) is 4.06. The molecular weight excluding hydrogens is 244 g/mol. The highest BCUT2D eigenvalue weighted by Crippen LogP contribution is 2.36. The first-order valence-electron chi connectivity index (χ1n) is 5.78. The molecule has 0 fully saturated rings. The molecule has 2 aromatic heterocycles. The van der Waals surface area contributed by atoms with Gasteiger partial charge in [-0.3, -0.25) is 0 Å². The number of fused-ring (bicyclic) bond motifs is 1. The number of aryl methyl sites for hydroxylation is 3. The van der Waals surface area contributed by atoms with Crippen LogP contribution in [0.5, 0.6) is 0 Å². The van der Waals surface area contributed by atoms with E-state index in [4.69, 9.17) is 10.2 Å². The van der Waals surface area contributed by atoms with E-state index in [2.05, 4.69) is 18.0 Å². The minimum atomic E-state index is 0.620. The van der Waals surface area contributed by atoms with E-state index in [1.54, 1.807) is 11.3 Å². The van der Waals surface area contributed by atoms with Crippen LogP contribution in [0.4, 0.5) is 5.69 Å². The second-order valence-electron chi connectivity index (χ2n) is 4.61. The average Bonchev–Trinajstić information content (AvgIpc) is 2.84. The first-order valence-corrected chi connectivity index (χ1v) is 6.66. The van der Waals surface area contributed by atoms with Crippen molar-refractivity contribution in [2.24, 2.45) is 0 Å². The predicted molar refractivity (Wildman–Crippen MR) is 75.9 cm³/mol. The van der Waals surface area contributed by atoms with Crippen LogP contribution in [0.25, 0.3) is 21.9 Å². The summed E-state index contributed by atoms with van der Waals surface area (Å²) in [5, 5.41) is 2.03. The van der Waals surface area contributed by atoms with E-state index in [0.29, 0.717) is 5.89 Å². The molecule has 2 N–H and O–H groups in total. The minimum Gasteiger partial charge on any atom is -0.435 e. The van der Waals surface area contributed by atoms with Crippen molar-refractivity contribution in [3.8, 4) is 10.8 Å². The van der Waals surface area contributed by atoms with Gasteiger partial charge in [0, 0.05) is 0 Å². The topological polar surface area (TPSA) is 52.0 Å². The Balaban J connectivity index is 2.25. The number of hydrogen-bond acceptors (Lipinski definition) is 4. The highest BCUT2D eigenvalue weighted by Gasteiger charge is 2.15. The summed E-state index contributed by atoms with van der Waals surface area (Å²) in [5.74, 6) is 0.620. The van der Waals surface area contributed by atoms with Gasteiger partial charge >= 0.3 is 0 Å². The Morgan fingerprint density at radius 3 is 2.61 bits per heavy atom. The summed E-state index contributed by atoms with van der Waals surface area (Å²) in [6.45, 7) is 6.09. The van der Waals surface area contributed by atoms with Crippen LogP contribution in [0.2, 0.25) is 0 Å². The lowest BCUT2D eigenvalue weighted by Gasteiger charge is -1.95. The maximum Gasteiger partial charge on any atom is 0.239 e. The molecule has 3 nitrogen and oxygen atoms in total. The van der Waals surface area contributed by atoms with Crippen LogP contribution in [-0.4, -0.2) is 4.98 Å². The summed E-state index contributed by atoms with van der Waals surface area (Å²) >= 11 is 1.57. The molecule has 0 atom stereocenters. The molecule has 0 aliphatic carbocycles. The highest BCUT2D eigenvalue weighted by molar-refractivity contribution is 7.14. The number of benzene rings is 1. The number of oxazole rings is 1. The third kappa shape index (κ3) is 1.61. The quantitative estimate of drug-likeness (QED) is 0.716. The number of nitrogens with zero attached hydrogens (tertiary/aromatic N) is 1. The van der Waals surface area contributed by atoms with Crippen molar-refractivity contribution >= 4 is 28.1 Å². The summed E-state index contributed by atoms with van der Waals surface area (Å²) in [5.41, 5.74) is 11.9. The molecule has 0 bridgehead atoms. The van der Waals surface area contributed by atoms with Crippen LogP contribution in [0.3, 0.4) is 0 Å². The largest absolute Gasteiger partial charge is 0.435 e. The standard InChI is InChI=1S/C14H14N2OS/c1-7-4-8(2)12-10(5-7)16-14(17-12)13-11(15)9(3)6-18-13/h4-6H,15H2,1-3H3. The molecule has 3 aromatic rings. The fourth-order valence-corrected chi connectivity index (χ4v) is 2.99. The third-order valence-electron chi connectivity index (χ3n) is 3.04. The van der Waals surface area contributed by atoms with Crippen LogP contribution in [0, 0.1) is 20.8 Å². The monoisotopic (exact) mass is 258 g/mol. The lowest BCUT2D eigenvalue weighted by molar-refractivity contribution is 0.619. The number of nitrogens with two attached hydrogens (primary N) is 1. The van der Waals surface area contributed by atoms with E-state index in [1.165, 1.54) is 5.56 Å². The van der Waals surface area contributed by atoms with E-state index in [0.717, 1.165) is 32.8 Å². The van der Waals surface area contributed by atoms with Gasteiger partial charge in [-0.1, -0.05) is 6.07 Å². The third-order valence-corrected chi connectivity index (χ3v) is 4.14. The van der Waals surface area contributed by atoms with Gasteiger partial charge in [-0.15, -0.1) is 11.3 Å². The van der Waals surface area contributed by atoms with Crippen molar-refractivity contribution < 1.29 is 4.42 Å². The Hall–Kier alpha value is -1.81. The highest BCUT2D eigenvalue weighted by atomic mass is 32.1. The Kier molecular flexibility index (Phi) is 2.41. The Bertz CT molecular complexity index is 740. The molecule has 0 spiro atoms. The van der Waals surface area contributed by atoms with Gasteiger partial charge in [0.1, 0.15) is 10.4 Å². The second-order valence-corrected chi connectivity index (χ2v) is 5.49. The number of anilines is 1. The molecule has 0 radical (unpaired) electrons. The molecule has 0 aliphatic rings. The Labute approximate surface area is 109 Å². The minimum absolute atomic E-state index is 0.620. The normalized spacial score (nSPS) is 11.3. The molecule has 18 heavy (non-hydrogen) atoms. The van der Waals surface area contributed by atoms with Crippen LogP contribution >= 0.6 is 11.3 Å². The SMILES string of the molecule is Cc1cc(C)c2oc(-c3scc(C)c3N)nc2c1. The smallest absolute Gasteiger partial charge is 0.239 e. The van der Waals surface area contributed by atoms with Gasteiger partial charge in [-0.2, -0.15) is 0 Å². The second kappa shape index (κ2) is 3.85. The van der Waals surface area contributed by atoms with Crippen LogP contribution in [0.1, 0.15) is 16.7 Å². The van der Waals surface area contributed by atoms with Crippen molar-refractivity contribution in [1.29, 1.82) is 0 Å². The summed E-state index contributed by atoms with van der Waals surface area (Å²) in [6.07, 6.45) is 0. The molecule has 1 aromatic carbocycles. The molecule has 2 heterocycles. The van der Waals surface area contributed by atoms with Crippen LogP contribution < -0.4 is 5.73 Å². The molecule has 0 amide bonds. The molecule has 3 rings (SSSR count). The van der Waals surface area contributed by atoms with E-state index < -0.39 is 0 Å². The zero-order chi connectivity index (χ0) is 12.9. The number of hydrogen-bond donors (Lipinski definition) is 1.